The molecule has 0 unspecified atom stereocenters. The van der Waals surface area contributed by atoms with E-state index in [1.54, 1.807) is 17.7 Å². The molecule has 2 rings (SSSR count). The smallest absolute Gasteiger partial charge is 0.251 e. The molecule has 4 heteroatoms. The van der Waals surface area contributed by atoms with Crippen molar-refractivity contribution >= 4 is 0 Å². The highest BCUT2D eigenvalue weighted by Crippen LogP contribution is 2.20. The molecule has 0 bridgehead atoms. The van der Waals surface area contributed by atoms with Gasteiger partial charge < -0.3 is 14.6 Å². The maximum absolute atomic E-state index is 12.0. The van der Waals surface area contributed by atoms with Crippen LogP contribution in [0, 0.1) is 6.92 Å². The molecule has 0 spiro atoms. The molecular formula is C17H22N2O2. The Morgan fingerprint density at radius 1 is 1.24 bits per heavy atom. The number of aromatic nitrogens is 1. The molecule has 0 aliphatic heterocycles. The van der Waals surface area contributed by atoms with E-state index in [0.29, 0.717) is 6.54 Å². The summed E-state index contributed by atoms with van der Waals surface area (Å²) in [7, 11) is 1.65. The van der Waals surface area contributed by atoms with Crippen LogP contribution in [0.3, 0.4) is 0 Å². The van der Waals surface area contributed by atoms with Gasteiger partial charge in [-0.2, -0.15) is 0 Å². The van der Waals surface area contributed by atoms with Crippen LogP contribution in [0.25, 0.3) is 0 Å². The third kappa shape index (κ3) is 3.95. The van der Waals surface area contributed by atoms with Crippen molar-refractivity contribution in [3.63, 3.8) is 0 Å². The number of rotatable bonds is 6. The molecule has 21 heavy (non-hydrogen) atoms. The predicted octanol–water partition coefficient (Wildman–Crippen LogP) is 2.32. The Morgan fingerprint density at radius 2 is 2.05 bits per heavy atom. The van der Waals surface area contributed by atoms with Crippen LogP contribution in [0.1, 0.15) is 23.6 Å². The van der Waals surface area contributed by atoms with Crippen molar-refractivity contribution in [1.29, 1.82) is 0 Å². The van der Waals surface area contributed by atoms with Gasteiger partial charge in [0, 0.05) is 24.4 Å². The first-order chi connectivity index (χ1) is 10.1. The quantitative estimate of drug-likeness (QED) is 0.886. The lowest BCUT2D eigenvalue weighted by molar-refractivity contribution is 0.408. The van der Waals surface area contributed by atoms with Gasteiger partial charge in [-0.25, -0.2) is 0 Å². The van der Waals surface area contributed by atoms with Crippen LogP contribution < -0.4 is 15.6 Å². The molecule has 0 atom stereocenters. The molecule has 4 nitrogen and oxygen atoms in total. The average molecular weight is 286 g/mol. The third-order valence-electron chi connectivity index (χ3n) is 3.42. The number of benzene rings is 1. The molecule has 1 N–H and O–H groups in total. The van der Waals surface area contributed by atoms with Crippen LogP contribution in [0.15, 0.2) is 41.3 Å². The van der Waals surface area contributed by atoms with Crippen molar-refractivity contribution in [1.82, 2.24) is 9.88 Å². The van der Waals surface area contributed by atoms with Gasteiger partial charge >= 0.3 is 0 Å². The Morgan fingerprint density at radius 3 is 2.71 bits per heavy atom. The Bertz CT molecular complexity index is 662. The SMILES string of the molecule is CCNCc1ccc(OC)c(Cn2ccc(C)cc2=O)c1. The fourth-order valence-electron chi connectivity index (χ4n) is 2.26. The normalized spacial score (nSPS) is 10.6. The van der Waals surface area contributed by atoms with Crippen LogP contribution in [-0.2, 0) is 13.1 Å². The summed E-state index contributed by atoms with van der Waals surface area (Å²) in [5.74, 6) is 0.808. The van der Waals surface area contributed by atoms with Gasteiger partial charge in [-0.15, -0.1) is 0 Å². The lowest BCUT2D eigenvalue weighted by Crippen LogP contribution is -2.20. The number of nitrogens with zero attached hydrogens (tertiary/aromatic N) is 1. The van der Waals surface area contributed by atoms with E-state index < -0.39 is 0 Å². The van der Waals surface area contributed by atoms with Gasteiger partial charge in [0.2, 0.25) is 0 Å². The van der Waals surface area contributed by atoms with Gasteiger partial charge in [0.25, 0.3) is 5.56 Å². The van der Waals surface area contributed by atoms with E-state index in [0.717, 1.165) is 30.0 Å². The fourth-order valence-corrected chi connectivity index (χ4v) is 2.26. The Balaban J connectivity index is 2.30. The summed E-state index contributed by atoms with van der Waals surface area (Å²) in [5, 5.41) is 3.30. The maximum atomic E-state index is 12.0. The van der Waals surface area contributed by atoms with Crippen molar-refractivity contribution in [2.45, 2.75) is 26.9 Å². The van der Waals surface area contributed by atoms with E-state index in [1.807, 2.05) is 31.3 Å². The maximum Gasteiger partial charge on any atom is 0.251 e. The molecule has 1 aromatic carbocycles. The summed E-state index contributed by atoms with van der Waals surface area (Å²) in [6.45, 7) is 6.26. The number of ether oxygens (including phenoxy) is 1. The van der Waals surface area contributed by atoms with E-state index in [1.165, 1.54) is 5.56 Å². The zero-order valence-electron chi connectivity index (χ0n) is 12.8. The highest BCUT2D eigenvalue weighted by molar-refractivity contribution is 5.37. The number of aryl methyl sites for hydroxylation is 1. The molecule has 0 saturated heterocycles. The highest BCUT2D eigenvalue weighted by atomic mass is 16.5. The summed E-state index contributed by atoms with van der Waals surface area (Å²) in [6.07, 6.45) is 1.83. The van der Waals surface area contributed by atoms with E-state index in [4.69, 9.17) is 4.74 Å². The molecule has 0 fully saturated rings. The fraction of sp³-hybridized carbons (Fsp3) is 0.353. The first kappa shape index (κ1) is 15.3. The lowest BCUT2D eigenvalue weighted by Gasteiger charge is -2.13. The topological polar surface area (TPSA) is 43.3 Å². The molecule has 112 valence electrons. The first-order valence-electron chi connectivity index (χ1n) is 7.17. The van der Waals surface area contributed by atoms with Crippen LogP contribution >= 0.6 is 0 Å². The van der Waals surface area contributed by atoms with Crippen molar-refractivity contribution < 1.29 is 4.74 Å². The molecule has 0 aliphatic rings. The summed E-state index contributed by atoms with van der Waals surface area (Å²) >= 11 is 0. The zero-order valence-corrected chi connectivity index (χ0v) is 12.8. The number of hydrogen-bond acceptors (Lipinski definition) is 3. The molecule has 1 aromatic heterocycles. The van der Waals surface area contributed by atoms with Gasteiger partial charge in [-0.05, 0) is 42.8 Å². The lowest BCUT2D eigenvalue weighted by atomic mass is 10.1. The number of hydrogen-bond donors (Lipinski definition) is 1. The van der Waals surface area contributed by atoms with Gasteiger partial charge in [-0.1, -0.05) is 13.0 Å². The monoisotopic (exact) mass is 286 g/mol. The number of nitrogens with one attached hydrogen (secondary N) is 1. The average Bonchev–Trinajstić information content (AvgIpc) is 2.48. The first-order valence-corrected chi connectivity index (χ1v) is 7.17. The third-order valence-corrected chi connectivity index (χ3v) is 3.42. The summed E-state index contributed by atoms with van der Waals surface area (Å²) in [6, 6.07) is 9.68. The van der Waals surface area contributed by atoms with E-state index >= 15 is 0 Å². The largest absolute Gasteiger partial charge is 0.496 e. The van der Waals surface area contributed by atoms with Crippen LogP contribution in [0.4, 0.5) is 0 Å². The minimum absolute atomic E-state index is 0.00846. The van der Waals surface area contributed by atoms with E-state index in [2.05, 4.69) is 18.3 Å². The van der Waals surface area contributed by atoms with Crippen molar-refractivity contribution in [2.24, 2.45) is 0 Å². The summed E-state index contributed by atoms with van der Waals surface area (Å²) in [5.41, 5.74) is 3.19. The minimum atomic E-state index is 0.00846. The zero-order chi connectivity index (χ0) is 15.2. The molecule has 0 aliphatic carbocycles. The highest BCUT2D eigenvalue weighted by Gasteiger charge is 2.06. The van der Waals surface area contributed by atoms with Gasteiger partial charge in [-0.3, -0.25) is 4.79 Å². The predicted molar refractivity (Wildman–Crippen MR) is 84.9 cm³/mol. The molecule has 1 heterocycles. The second-order valence-corrected chi connectivity index (χ2v) is 5.10. The van der Waals surface area contributed by atoms with Crippen LogP contribution in [-0.4, -0.2) is 18.2 Å². The van der Waals surface area contributed by atoms with Crippen molar-refractivity contribution in [2.75, 3.05) is 13.7 Å². The molecular weight excluding hydrogens is 264 g/mol. The second-order valence-electron chi connectivity index (χ2n) is 5.10. The number of pyridine rings is 1. The Kier molecular flexibility index (Phi) is 5.17. The van der Waals surface area contributed by atoms with Gasteiger partial charge in [0.05, 0.1) is 13.7 Å². The molecule has 2 aromatic rings. The van der Waals surface area contributed by atoms with Gasteiger partial charge in [0.15, 0.2) is 0 Å². The minimum Gasteiger partial charge on any atom is -0.496 e. The second kappa shape index (κ2) is 7.09. The van der Waals surface area contributed by atoms with Crippen molar-refractivity contribution in [3.05, 3.63) is 63.6 Å². The number of methoxy groups -OCH3 is 1. The molecule has 0 amide bonds. The summed E-state index contributed by atoms with van der Waals surface area (Å²) in [4.78, 5) is 12.0. The van der Waals surface area contributed by atoms with Gasteiger partial charge in [0.1, 0.15) is 5.75 Å². The Hall–Kier alpha value is -2.07. The van der Waals surface area contributed by atoms with Crippen LogP contribution in [0.2, 0.25) is 0 Å². The van der Waals surface area contributed by atoms with Crippen LogP contribution in [0.5, 0.6) is 5.75 Å². The van der Waals surface area contributed by atoms with E-state index in [-0.39, 0.29) is 5.56 Å². The van der Waals surface area contributed by atoms with Crippen molar-refractivity contribution in [3.8, 4) is 5.75 Å². The van der Waals surface area contributed by atoms with E-state index in [9.17, 15) is 4.79 Å². The molecule has 0 saturated carbocycles. The molecule has 0 radical (unpaired) electrons. The Labute approximate surface area is 125 Å². The standard InChI is InChI=1S/C17H22N2O2/c1-4-18-11-14-5-6-16(21-3)15(10-14)12-19-8-7-13(2)9-17(19)20/h5-10,18H,4,11-12H2,1-3H3. The summed E-state index contributed by atoms with van der Waals surface area (Å²) < 4.78 is 7.10.